The number of aryl methyl sites for hydroxylation is 1. The zero-order valence-electron chi connectivity index (χ0n) is 15.3. The van der Waals surface area contributed by atoms with Crippen LogP contribution in [0, 0.1) is 5.92 Å². The Labute approximate surface area is 157 Å². The van der Waals surface area contributed by atoms with E-state index >= 15 is 0 Å². The van der Waals surface area contributed by atoms with Crippen LogP contribution in [0.25, 0.3) is 0 Å². The largest absolute Gasteiger partial charge is 0.394 e. The van der Waals surface area contributed by atoms with Gasteiger partial charge in [0.2, 0.25) is 5.91 Å². The first-order chi connectivity index (χ1) is 12.8. The van der Waals surface area contributed by atoms with E-state index in [1.807, 2.05) is 24.3 Å². The summed E-state index contributed by atoms with van der Waals surface area (Å²) in [5.74, 6) is -1.48. The lowest BCUT2D eigenvalue weighted by molar-refractivity contribution is -0.182. The molecule has 1 amide bonds. The summed E-state index contributed by atoms with van der Waals surface area (Å²) >= 11 is 0. The van der Waals surface area contributed by atoms with E-state index in [4.69, 9.17) is 0 Å². The SMILES string of the molecule is O=C(CNC1(CO)CCCc2ccccc21)NC1CCC(C(F)(F)F)CC1. The Balaban J connectivity index is 1.54. The van der Waals surface area contributed by atoms with E-state index in [2.05, 4.69) is 10.6 Å². The van der Waals surface area contributed by atoms with Crippen molar-refractivity contribution in [3.8, 4) is 0 Å². The van der Waals surface area contributed by atoms with E-state index in [1.54, 1.807) is 0 Å². The highest BCUT2D eigenvalue weighted by atomic mass is 19.4. The highest BCUT2D eigenvalue weighted by Crippen LogP contribution is 2.37. The van der Waals surface area contributed by atoms with Crippen molar-refractivity contribution in [2.45, 2.75) is 62.7 Å². The smallest absolute Gasteiger partial charge is 0.391 e. The standard InChI is InChI=1S/C20H27F3N2O2/c21-20(22,23)15-7-9-16(10-8-15)25-18(27)12-24-19(13-26)11-3-5-14-4-1-2-6-17(14)19/h1-2,4,6,15-16,24,26H,3,5,7-13H2,(H,25,27). The third-order valence-electron chi connectivity index (χ3n) is 6.00. The van der Waals surface area contributed by atoms with Gasteiger partial charge in [-0.25, -0.2) is 0 Å². The molecule has 0 aliphatic heterocycles. The lowest BCUT2D eigenvalue weighted by atomic mass is 9.77. The minimum Gasteiger partial charge on any atom is -0.394 e. The molecule has 4 nitrogen and oxygen atoms in total. The van der Waals surface area contributed by atoms with Crippen molar-refractivity contribution in [3.63, 3.8) is 0 Å². The van der Waals surface area contributed by atoms with Gasteiger partial charge in [0, 0.05) is 6.04 Å². The van der Waals surface area contributed by atoms with Crippen molar-refractivity contribution in [2.75, 3.05) is 13.2 Å². The summed E-state index contributed by atoms with van der Waals surface area (Å²) in [5, 5.41) is 16.1. The fraction of sp³-hybridized carbons (Fsp3) is 0.650. The normalized spacial score (nSPS) is 28.4. The highest BCUT2D eigenvalue weighted by Gasteiger charge is 2.41. The third-order valence-corrected chi connectivity index (χ3v) is 6.00. The summed E-state index contributed by atoms with van der Waals surface area (Å²) < 4.78 is 38.2. The number of aliphatic hydroxyl groups is 1. The van der Waals surface area contributed by atoms with Gasteiger partial charge < -0.3 is 10.4 Å². The first kappa shape index (κ1) is 20.1. The molecule has 1 fully saturated rings. The highest BCUT2D eigenvalue weighted by molar-refractivity contribution is 5.78. The van der Waals surface area contributed by atoms with Gasteiger partial charge in [-0.05, 0) is 56.1 Å². The molecule has 2 aliphatic rings. The average Bonchev–Trinajstić information content (AvgIpc) is 2.66. The first-order valence-corrected chi connectivity index (χ1v) is 9.64. The van der Waals surface area contributed by atoms with E-state index in [0.717, 1.165) is 24.8 Å². The minimum absolute atomic E-state index is 0.0358. The molecule has 0 bridgehead atoms. The fourth-order valence-electron chi connectivity index (χ4n) is 4.42. The molecular weight excluding hydrogens is 357 g/mol. The van der Waals surface area contributed by atoms with E-state index in [9.17, 15) is 23.1 Å². The fourth-order valence-corrected chi connectivity index (χ4v) is 4.42. The second-order valence-electron chi connectivity index (χ2n) is 7.76. The molecule has 0 radical (unpaired) electrons. The summed E-state index contributed by atoms with van der Waals surface area (Å²) in [6.45, 7) is -0.0674. The number of carbonyl (C=O) groups excluding carboxylic acids is 1. The Morgan fingerprint density at radius 2 is 1.89 bits per heavy atom. The summed E-state index contributed by atoms with van der Waals surface area (Å²) in [6.07, 6.45) is -0.690. The van der Waals surface area contributed by atoms with Crippen LogP contribution in [0.3, 0.4) is 0 Å². The summed E-state index contributed by atoms with van der Waals surface area (Å²) in [5.41, 5.74) is 1.56. The van der Waals surface area contributed by atoms with Crippen molar-refractivity contribution in [3.05, 3.63) is 35.4 Å². The van der Waals surface area contributed by atoms with Crippen molar-refractivity contribution in [2.24, 2.45) is 5.92 Å². The van der Waals surface area contributed by atoms with Gasteiger partial charge in [0.25, 0.3) is 0 Å². The molecule has 3 rings (SSSR count). The minimum atomic E-state index is -4.14. The summed E-state index contributed by atoms with van der Waals surface area (Å²) in [4.78, 5) is 12.3. The van der Waals surface area contributed by atoms with Gasteiger partial charge >= 0.3 is 6.18 Å². The Kier molecular flexibility index (Phi) is 6.11. The topological polar surface area (TPSA) is 61.4 Å². The number of nitrogens with one attached hydrogen (secondary N) is 2. The molecule has 0 heterocycles. The molecule has 1 saturated carbocycles. The number of halogens is 3. The quantitative estimate of drug-likeness (QED) is 0.731. The lowest BCUT2D eigenvalue weighted by Crippen LogP contribution is -2.52. The molecule has 1 atom stereocenters. The molecule has 0 saturated heterocycles. The van der Waals surface area contributed by atoms with E-state index in [-0.39, 0.29) is 37.9 Å². The molecule has 0 aromatic heterocycles. The number of hydrogen-bond acceptors (Lipinski definition) is 3. The summed E-state index contributed by atoms with van der Waals surface area (Å²) in [7, 11) is 0. The van der Waals surface area contributed by atoms with Gasteiger partial charge in [-0.15, -0.1) is 0 Å². The Bertz CT molecular complexity index is 657. The molecule has 0 spiro atoms. The zero-order chi connectivity index (χ0) is 19.5. The maximum absolute atomic E-state index is 12.7. The number of benzene rings is 1. The predicted octanol–water partition coefficient (Wildman–Crippen LogP) is 3.04. The van der Waals surface area contributed by atoms with Gasteiger partial charge in [0.05, 0.1) is 24.6 Å². The monoisotopic (exact) mass is 384 g/mol. The van der Waals surface area contributed by atoms with Crippen LogP contribution in [0.5, 0.6) is 0 Å². The zero-order valence-corrected chi connectivity index (χ0v) is 15.3. The van der Waals surface area contributed by atoms with Crippen LogP contribution in [0.1, 0.15) is 49.7 Å². The molecule has 150 valence electrons. The lowest BCUT2D eigenvalue weighted by Gasteiger charge is -2.39. The van der Waals surface area contributed by atoms with E-state index in [1.165, 1.54) is 5.56 Å². The van der Waals surface area contributed by atoms with Crippen LogP contribution >= 0.6 is 0 Å². The predicted molar refractivity (Wildman–Crippen MR) is 96.1 cm³/mol. The molecule has 1 aromatic carbocycles. The van der Waals surface area contributed by atoms with Crippen LogP contribution in [-0.4, -0.2) is 36.4 Å². The molecule has 1 unspecified atom stereocenters. The molecule has 1 aromatic rings. The maximum atomic E-state index is 12.7. The molecule has 2 aliphatic carbocycles. The van der Waals surface area contributed by atoms with Gasteiger partial charge in [-0.3, -0.25) is 10.1 Å². The maximum Gasteiger partial charge on any atom is 0.391 e. The molecule has 7 heteroatoms. The summed E-state index contributed by atoms with van der Waals surface area (Å²) in [6, 6.07) is 7.71. The number of aliphatic hydroxyl groups excluding tert-OH is 1. The van der Waals surface area contributed by atoms with Gasteiger partial charge in [-0.1, -0.05) is 24.3 Å². The van der Waals surface area contributed by atoms with Crippen LogP contribution < -0.4 is 10.6 Å². The number of carbonyl (C=O) groups is 1. The number of rotatable bonds is 5. The third kappa shape index (κ3) is 4.63. The first-order valence-electron chi connectivity index (χ1n) is 9.64. The van der Waals surface area contributed by atoms with Crippen molar-refractivity contribution >= 4 is 5.91 Å². The molecule has 27 heavy (non-hydrogen) atoms. The Hall–Kier alpha value is -1.60. The van der Waals surface area contributed by atoms with Gasteiger partial charge in [-0.2, -0.15) is 13.2 Å². The Morgan fingerprint density at radius 1 is 1.19 bits per heavy atom. The Morgan fingerprint density at radius 3 is 2.56 bits per heavy atom. The number of amides is 1. The van der Waals surface area contributed by atoms with Crippen molar-refractivity contribution in [1.29, 1.82) is 0 Å². The van der Waals surface area contributed by atoms with E-state index in [0.29, 0.717) is 12.8 Å². The van der Waals surface area contributed by atoms with Crippen molar-refractivity contribution < 1.29 is 23.1 Å². The van der Waals surface area contributed by atoms with Gasteiger partial charge in [0.15, 0.2) is 0 Å². The second-order valence-corrected chi connectivity index (χ2v) is 7.76. The number of hydrogen-bond donors (Lipinski definition) is 3. The van der Waals surface area contributed by atoms with E-state index < -0.39 is 17.6 Å². The van der Waals surface area contributed by atoms with Crippen molar-refractivity contribution in [1.82, 2.24) is 10.6 Å². The van der Waals surface area contributed by atoms with Crippen LogP contribution in [0.15, 0.2) is 24.3 Å². The van der Waals surface area contributed by atoms with Crippen LogP contribution in [0.4, 0.5) is 13.2 Å². The average molecular weight is 384 g/mol. The molecule has 3 N–H and O–H groups in total. The molecular formula is C20H27F3N2O2. The van der Waals surface area contributed by atoms with Crippen LogP contribution in [0.2, 0.25) is 0 Å². The second kappa shape index (κ2) is 8.19. The van der Waals surface area contributed by atoms with Gasteiger partial charge in [0.1, 0.15) is 0 Å². The number of fused-ring (bicyclic) bond motifs is 1. The number of alkyl halides is 3. The van der Waals surface area contributed by atoms with Crippen LogP contribution in [-0.2, 0) is 16.8 Å².